The van der Waals surface area contributed by atoms with E-state index in [4.69, 9.17) is 4.84 Å². The highest BCUT2D eigenvalue weighted by Gasteiger charge is 2.39. The molecule has 2 saturated heterocycles. The molecule has 0 aliphatic carbocycles. The Morgan fingerprint density at radius 3 is 2.39 bits per heavy atom. The van der Waals surface area contributed by atoms with Crippen molar-refractivity contribution in [3.8, 4) is 0 Å². The van der Waals surface area contributed by atoms with E-state index in [1.165, 1.54) is 0 Å². The average Bonchev–Trinajstić information content (AvgIpc) is 3.38. The lowest BCUT2D eigenvalue weighted by Crippen LogP contribution is -2.56. The molecule has 3 aromatic rings. The molecular formula is C31H39BrN4O2. The van der Waals surface area contributed by atoms with E-state index in [2.05, 4.69) is 91.9 Å². The highest BCUT2D eigenvalue weighted by Crippen LogP contribution is 2.34. The summed E-state index contributed by atoms with van der Waals surface area (Å²) in [6.45, 7) is 11.7. The van der Waals surface area contributed by atoms with E-state index in [1.54, 1.807) is 0 Å². The van der Waals surface area contributed by atoms with Gasteiger partial charge in [0.05, 0.1) is 5.71 Å². The summed E-state index contributed by atoms with van der Waals surface area (Å²) >= 11 is 3.54. The van der Waals surface area contributed by atoms with Gasteiger partial charge >= 0.3 is 0 Å². The number of piperidine rings is 2. The minimum atomic E-state index is 0.119. The summed E-state index contributed by atoms with van der Waals surface area (Å²) in [6.07, 6.45) is 6.22. The predicted octanol–water partition coefficient (Wildman–Crippen LogP) is 6.57. The number of rotatable bonds is 7. The number of halogens is 1. The number of fused-ring (bicyclic) bond motifs is 1. The number of hydrogen-bond donors (Lipinski definition) is 0. The standard InChI is InChI=1S/C31H39BrN4O2/c1-4-34-18-15-26-27(7-6-8-28(26)34)30(37)35-21-16-31(3,17-22-35)36-19-13-24(14-20-36)29(33-38-5-2)23-9-11-25(32)12-10-23/h6-12,15,18,24H,4-5,13-14,16-17,19-22H2,1-3H3/b33-29-. The lowest BCUT2D eigenvalue weighted by atomic mass is 9.82. The first-order valence-corrected chi connectivity index (χ1v) is 14.8. The molecule has 38 heavy (non-hydrogen) atoms. The first kappa shape index (κ1) is 26.9. The lowest BCUT2D eigenvalue weighted by Gasteiger charge is -2.49. The topological polar surface area (TPSA) is 50.1 Å². The Bertz CT molecular complexity index is 1280. The number of nitrogens with zero attached hydrogens (tertiary/aromatic N) is 4. The van der Waals surface area contributed by atoms with Crippen molar-refractivity contribution in [3.05, 3.63) is 70.3 Å². The van der Waals surface area contributed by atoms with Crippen LogP contribution in [0, 0.1) is 5.92 Å². The Morgan fingerprint density at radius 2 is 1.74 bits per heavy atom. The largest absolute Gasteiger partial charge is 0.396 e. The molecule has 0 unspecified atom stereocenters. The van der Waals surface area contributed by atoms with E-state index in [-0.39, 0.29) is 11.4 Å². The maximum atomic E-state index is 13.5. The number of aromatic nitrogens is 1. The van der Waals surface area contributed by atoms with Gasteiger partial charge in [-0.05, 0) is 95.4 Å². The van der Waals surface area contributed by atoms with Crippen LogP contribution in [0.3, 0.4) is 0 Å². The molecule has 0 N–H and O–H groups in total. The van der Waals surface area contributed by atoms with Gasteiger partial charge in [0.15, 0.2) is 0 Å². The summed E-state index contributed by atoms with van der Waals surface area (Å²) in [5.74, 6) is 0.552. The Morgan fingerprint density at radius 1 is 1.03 bits per heavy atom. The monoisotopic (exact) mass is 578 g/mol. The molecule has 2 aliphatic heterocycles. The molecule has 0 spiro atoms. The molecule has 6 nitrogen and oxygen atoms in total. The first-order valence-electron chi connectivity index (χ1n) is 14.0. The van der Waals surface area contributed by atoms with Gasteiger partial charge < -0.3 is 14.3 Å². The second-order valence-corrected chi connectivity index (χ2v) is 11.7. The van der Waals surface area contributed by atoms with E-state index in [9.17, 15) is 4.79 Å². The summed E-state index contributed by atoms with van der Waals surface area (Å²) in [4.78, 5) is 23.8. The van der Waals surface area contributed by atoms with Crippen LogP contribution in [0.25, 0.3) is 10.9 Å². The Kier molecular flexibility index (Phi) is 8.24. The molecule has 2 aromatic carbocycles. The highest BCUT2D eigenvalue weighted by molar-refractivity contribution is 9.10. The summed E-state index contributed by atoms with van der Waals surface area (Å²) in [7, 11) is 0. The normalized spacial score (nSPS) is 19.2. The van der Waals surface area contributed by atoms with Crippen LogP contribution in [0.4, 0.5) is 0 Å². The number of hydrogen-bond acceptors (Lipinski definition) is 4. The molecule has 2 aliphatic rings. The zero-order valence-electron chi connectivity index (χ0n) is 22.8. The van der Waals surface area contributed by atoms with Crippen LogP contribution >= 0.6 is 15.9 Å². The van der Waals surface area contributed by atoms with E-state index < -0.39 is 0 Å². The van der Waals surface area contributed by atoms with Gasteiger partial charge in [-0.15, -0.1) is 0 Å². The fraction of sp³-hybridized carbons (Fsp3) is 0.484. The first-order chi connectivity index (χ1) is 18.4. The summed E-state index contributed by atoms with van der Waals surface area (Å²) < 4.78 is 3.27. The Balaban J connectivity index is 1.21. The van der Waals surface area contributed by atoms with Crippen molar-refractivity contribution in [1.82, 2.24) is 14.4 Å². The van der Waals surface area contributed by atoms with Crippen LogP contribution in [0.1, 0.15) is 62.4 Å². The number of amides is 1. The second kappa shape index (κ2) is 11.6. The SMILES string of the molecule is CCO/N=C(/c1ccc(Br)cc1)C1CCN(C2(C)CCN(C(=O)c3cccc4c3ccn4CC)CC2)CC1. The molecule has 0 radical (unpaired) electrons. The Labute approximate surface area is 234 Å². The molecule has 0 bridgehead atoms. The van der Waals surface area contributed by atoms with Crippen molar-refractivity contribution in [2.75, 3.05) is 32.8 Å². The lowest BCUT2D eigenvalue weighted by molar-refractivity contribution is 0.0162. The molecule has 0 atom stereocenters. The molecule has 7 heteroatoms. The van der Waals surface area contributed by atoms with Gasteiger partial charge in [0.2, 0.25) is 0 Å². The van der Waals surface area contributed by atoms with Crippen molar-refractivity contribution < 1.29 is 9.63 Å². The predicted molar refractivity (Wildman–Crippen MR) is 158 cm³/mol. The number of benzene rings is 2. The second-order valence-electron chi connectivity index (χ2n) is 10.8. The maximum absolute atomic E-state index is 13.5. The molecular weight excluding hydrogens is 540 g/mol. The zero-order chi connectivity index (χ0) is 26.7. The van der Waals surface area contributed by atoms with Crippen molar-refractivity contribution in [2.45, 2.75) is 58.5 Å². The van der Waals surface area contributed by atoms with Crippen LogP contribution in [0.2, 0.25) is 0 Å². The molecule has 1 aromatic heterocycles. The van der Waals surface area contributed by atoms with Gasteiger partial charge in [-0.1, -0.05) is 39.3 Å². The van der Waals surface area contributed by atoms with Gasteiger partial charge in [-0.3, -0.25) is 9.69 Å². The smallest absolute Gasteiger partial charge is 0.254 e. The third kappa shape index (κ3) is 5.41. The van der Waals surface area contributed by atoms with Gasteiger partial charge in [0, 0.05) is 58.2 Å². The quantitative estimate of drug-likeness (QED) is 0.235. The van der Waals surface area contributed by atoms with Crippen LogP contribution in [-0.4, -0.2) is 64.3 Å². The van der Waals surface area contributed by atoms with Gasteiger partial charge in [0.25, 0.3) is 5.91 Å². The average molecular weight is 580 g/mol. The number of aryl methyl sites for hydroxylation is 1. The van der Waals surface area contributed by atoms with Crippen LogP contribution < -0.4 is 0 Å². The molecule has 1 amide bonds. The minimum Gasteiger partial charge on any atom is -0.396 e. The van der Waals surface area contributed by atoms with Crippen molar-refractivity contribution in [2.24, 2.45) is 11.1 Å². The molecule has 2 fully saturated rings. The van der Waals surface area contributed by atoms with Crippen LogP contribution in [-0.2, 0) is 11.4 Å². The van der Waals surface area contributed by atoms with Crippen molar-refractivity contribution in [1.29, 1.82) is 0 Å². The number of carbonyl (C=O) groups is 1. The Hall–Kier alpha value is -2.64. The maximum Gasteiger partial charge on any atom is 0.254 e. The van der Waals surface area contributed by atoms with E-state index in [1.807, 2.05) is 19.1 Å². The van der Waals surface area contributed by atoms with E-state index in [0.29, 0.717) is 12.5 Å². The highest BCUT2D eigenvalue weighted by atomic mass is 79.9. The molecule has 202 valence electrons. The summed E-state index contributed by atoms with van der Waals surface area (Å²) in [6, 6.07) is 16.6. The van der Waals surface area contributed by atoms with Crippen molar-refractivity contribution in [3.63, 3.8) is 0 Å². The van der Waals surface area contributed by atoms with E-state index in [0.717, 1.165) is 90.6 Å². The minimum absolute atomic E-state index is 0.119. The van der Waals surface area contributed by atoms with Crippen LogP contribution in [0.5, 0.6) is 0 Å². The van der Waals surface area contributed by atoms with Gasteiger partial charge in [-0.2, -0.15) is 0 Å². The number of carbonyl (C=O) groups excluding carboxylic acids is 1. The summed E-state index contributed by atoms with van der Waals surface area (Å²) in [5, 5.41) is 5.60. The molecule has 5 rings (SSSR count). The summed E-state index contributed by atoms with van der Waals surface area (Å²) in [5.41, 5.74) is 4.29. The third-order valence-corrected chi connectivity index (χ3v) is 9.12. The fourth-order valence-corrected chi connectivity index (χ4v) is 6.44. The third-order valence-electron chi connectivity index (χ3n) is 8.59. The van der Waals surface area contributed by atoms with Gasteiger partial charge in [0.1, 0.15) is 6.61 Å². The molecule has 0 saturated carbocycles. The number of likely N-dealkylation sites (tertiary alicyclic amines) is 2. The van der Waals surface area contributed by atoms with Crippen molar-refractivity contribution >= 4 is 38.5 Å². The zero-order valence-corrected chi connectivity index (χ0v) is 24.4. The van der Waals surface area contributed by atoms with E-state index >= 15 is 0 Å². The fourth-order valence-electron chi connectivity index (χ4n) is 6.17. The van der Waals surface area contributed by atoms with Gasteiger partial charge in [-0.25, -0.2) is 0 Å². The van der Waals surface area contributed by atoms with Crippen LogP contribution in [0.15, 0.2) is 64.4 Å². The number of oxime groups is 1. The molecule has 3 heterocycles.